The van der Waals surface area contributed by atoms with Gasteiger partial charge in [0.05, 0.1) is 19.6 Å². The normalized spacial score (nSPS) is 18.5. The average molecular weight is 322 g/mol. The van der Waals surface area contributed by atoms with Gasteiger partial charge in [0.25, 0.3) is 0 Å². The highest BCUT2D eigenvalue weighted by Gasteiger charge is 2.31. The molecule has 1 atom stereocenters. The minimum absolute atomic E-state index is 0.00183. The van der Waals surface area contributed by atoms with E-state index >= 15 is 0 Å². The van der Waals surface area contributed by atoms with Gasteiger partial charge in [0, 0.05) is 18.5 Å². The second kappa shape index (κ2) is 6.46. The van der Waals surface area contributed by atoms with Gasteiger partial charge < -0.3 is 14.2 Å². The number of carbonyl (C=O) groups excluding carboxylic acids is 1. The zero-order valence-corrected chi connectivity index (χ0v) is 12.9. The van der Waals surface area contributed by atoms with E-state index in [2.05, 4.69) is 10.1 Å². The molecule has 0 aliphatic carbocycles. The second-order valence-electron chi connectivity index (χ2n) is 5.16. The molecule has 0 radical (unpaired) electrons. The number of benzene rings is 1. The number of hydrogen-bond donors (Lipinski definition) is 0. The van der Waals surface area contributed by atoms with E-state index in [0.717, 1.165) is 5.56 Å². The number of carbonyl (C=O) groups is 1. The first-order valence-corrected chi connectivity index (χ1v) is 7.43. The molecule has 0 N–H and O–H groups in total. The van der Waals surface area contributed by atoms with Gasteiger partial charge in [-0.25, -0.2) is 0 Å². The van der Waals surface area contributed by atoms with Crippen LogP contribution in [0.3, 0.4) is 0 Å². The fourth-order valence-electron chi connectivity index (χ4n) is 2.49. The van der Waals surface area contributed by atoms with E-state index in [0.29, 0.717) is 36.5 Å². The van der Waals surface area contributed by atoms with Crippen molar-refractivity contribution in [1.29, 1.82) is 0 Å². The summed E-state index contributed by atoms with van der Waals surface area (Å²) in [6.45, 7) is 3.12. The Kier molecular flexibility index (Phi) is 4.40. The van der Waals surface area contributed by atoms with Crippen molar-refractivity contribution in [3.8, 4) is 0 Å². The summed E-state index contributed by atoms with van der Waals surface area (Å²) in [7, 11) is 0. The van der Waals surface area contributed by atoms with Gasteiger partial charge in [0.2, 0.25) is 11.8 Å². The molecule has 2 aromatic rings. The first-order valence-electron chi connectivity index (χ1n) is 7.05. The third-order valence-electron chi connectivity index (χ3n) is 3.53. The summed E-state index contributed by atoms with van der Waals surface area (Å²) in [5.74, 6) is 0.956. The van der Waals surface area contributed by atoms with Crippen molar-refractivity contribution in [2.24, 2.45) is 0 Å². The number of hydrogen-bond acceptors (Lipinski definition) is 5. The van der Waals surface area contributed by atoms with Gasteiger partial charge in [0.1, 0.15) is 6.04 Å². The van der Waals surface area contributed by atoms with E-state index < -0.39 is 0 Å². The number of ether oxygens (including phenoxy) is 1. The lowest BCUT2D eigenvalue weighted by Crippen LogP contribution is -2.44. The molecule has 7 heteroatoms. The van der Waals surface area contributed by atoms with E-state index in [1.165, 1.54) is 0 Å². The zero-order valence-electron chi connectivity index (χ0n) is 12.2. The van der Waals surface area contributed by atoms with Gasteiger partial charge in [-0.2, -0.15) is 4.98 Å². The standard InChI is InChI=1S/C15H16ClN3O3/c1-10-17-15(18-22-10)13-9-21-6-5-19(13)14(20)8-11-3-2-4-12(16)7-11/h2-4,7,13H,5-6,8-9H2,1H3. The summed E-state index contributed by atoms with van der Waals surface area (Å²) in [4.78, 5) is 18.6. The van der Waals surface area contributed by atoms with Crippen molar-refractivity contribution in [3.05, 3.63) is 46.6 Å². The highest BCUT2D eigenvalue weighted by Crippen LogP contribution is 2.23. The van der Waals surface area contributed by atoms with Crippen LogP contribution in [0.2, 0.25) is 5.02 Å². The number of halogens is 1. The van der Waals surface area contributed by atoms with Crippen molar-refractivity contribution >= 4 is 17.5 Å². The van der Waals surface area contributed by atoms with Crippen LogP contribution in [0.5, 0.6) is 0 Å². The van der Waals surface area contributed by atoms with Crippen LogP contribution < -0.4 is 0 Å². The molecule has 1 aliphatic heterocycles. The van der Waals surface area contributed by atoms with Crippen molar-refractivity contribution in [2.45, 2.75) is 19.4 Å². The lowest BCUT2D eigenvalue weighted by molar-refractivity contribution is -0.139. The number of morpholine rings is 1. The number of aryl methyl sites for hydroxylation is 1. The Balaban J connectivity index is 1.76. The Bertz CT molecular complexity index is 674. The maximum absolute atomic E-state index is 12.6. The first kappa shape index (κ1) is 15.0. The molecule has 1 saturated heterocycles. The summed E-state index contributed by atoms with van der Waals surface area (Å²) in [6, 6.07) is 7.00. The highest BCUT2D eigenvalue weighted by molar-refractivity contribution is 6.30. The smallest absolute Gasteiger partial charge is 0.227 e. The molecule has 1 amide bonds. The van der Waals surface area contributed by atoms with Gasteiger partial charge in [-0.15, -0.1) is 0 Å². The number of nitrogens with zero attached hydrogens (tertiary/aromatic N) is 3. The van der Waals surface area contributed by atoms with Gasteiger partial charge in [0.15, 0.2) is 5.82 Å². The average Bonchev–Trinajstić information content (AvgIpc) is 2.94. The Labute approximate surface area is 133 Å². The zero-order chi connectivity index (χ0) is 15.5. The molecule has 1 aromatic heterocycles. The van der Waals surface area contributed by atoms with Gasteiger partial charge in [-0.1, -0.05) is 28.9 Å². The highest BCUT2D eigenvalue weighted by atomic mass is 35.5. The molecule has 116 valence electrons. The topological polar surface area (TPSA) is 68.5 Å². The lowest BCUT2D eigenvalue weighted by atomic mass is 10.1. The Hall–Kier alpha value is -1.92. The number of aromatic nitrogens is 2. The predicted octanol–water partition coefficient (Wildman–Crippen LogP) is 2.17. The van der Waals surface area contributed by atoms with Crippen molar-refractivity contribution in [2.75, 3.05) is 19.8 Å². The molecule has 1 aliphatic rings. The maximum Gasteiger partial charge on any atom is 0.227 e. The van der Waals surface area contributed by atoms with Crippen LogP contribution in [0, 0.1) is 6.92 Å². The Morgan fingerprint density at radius 3 is 3.09 bits per heavy atom. The van der Waals surface area contributed by atoms with Gasteiger partial charge in [-0.05, 0) is 17.7 Å². The molecule has 6 nitrogen and oxygen atoms in total. The molecular formula is C15H16ClN3O3. The molecule has 1 aromatic carbocycles. The predicted molar refractivity (Wildman–Crippen MR) is 79.5 cm³/mol. The summed E-state index contributed by atoms with van der Waals surface area (Å²) in [6.07, 6.45) is 0.286. The minimum atomic E-state index is -0.308. The SMILES string of the molecule is Cc1nc(C2COCCN2C(=O)Cc2cccc(Cl)c2)no1. The summed E-state index contributed by atoms with van der Waals surface area (Å²) in [5, 5.41) is 4.53. The fraction of sp³-hybridized carbons (Fsp3) is 0.400. The van der Waals surface area contributed by atoms with Crippen LogP contribution >= 0.6 is 11.6 Å². The Morgan fingerprint density at radius 2 is 2.36 bits per heavy atom. The van der Waals surface area contributed by atoms with Crippen LogP contribution in [0.1, 0.15) is 23.3 Å². The maximum atomic E-state index is 12.6. The summed E-state index contributed by atoms with van der Waals surface area (Å²) in [5.41, 5.74) is 0.882. The molecule has 22 heavy (non-hydrogen) atoms. The van der Waals surface area contributed by atoms with Crippen LogP contribution in [0.25, 0.3) is 0 Å². The minimum Gasteiger partial charge on any atom is -0.377 e. The first-order chi connectivity index (χ1) is 10.6. The third-order valence-corrected chi connectivity index (χ3v) is 3.77. The fourth-order valence-corrected chi connectivity index (χ4v) is 2.70. The van der Waals surface area contributed by atoms with Gasteiger partial charge >= 0.3 is 0 Å². The van der Waals surface area contributed by atoms with Crippen LogP contribution in [-0.2, 0) is 16.0 Å². The molecule has 2 heterocycles. The molecule has 1 fully saturated rings. The number of rotatable bonds is 3. The van der Waals surface area contributed by atoms with E-state index in [4.69, 9.17) is 20.9 Å². The van der Waals surface area contributed by atoms with Crippen LogP contribution in [-0.4, -0.2) is 40.7 Å². The largest absolute Gasteiger partial charge is 0.377 e. The van der Waals surface area contributed by atoms with E-state index in [-0.39, 0.29) is 18.4 Å². The van der Waals surface area contributed by atoms with Crippen LogP contribution in [0.4, 0.5) is 0 Å². The van der Waals surface area contributed by atoms with Crippen molar-refractivity contribution in [3.63, 3.8) is 0 Å². The Morgan fingerprint density at radius 1 is 1.50 bits per heavy atom. The monoisotopic (exact) mass is 321 g/mol. The quantitative estimate of drug-likeness (QED) is 0.866. The van der Waals surface area contributed by atoms with Crippen LogP contribution in [0.15, 0.2) is 28.8 Å². The van der Waals surface area contributed by atoms with Gasteiger partial charge in [-0.3, -0.25) is 4.79 Å². The number of amides is 1. The third kappa shape index (κ3) is 3.28. The summed E-state index contributed by atoms with van der Waals surface area (Å²) >= 11 is 5.96. The molecule has 0 saturated carbocycles. The molecule has 0 bridgehead atoms. The second-order valence-corrected chi connectivity index (χ2v) is 5.59. The lowest BCUT2D eigenvalue weighted by Gasteiger charge is -2.33. The molecule has 0 spiro atoms. The van der Waals surface area contributed by atoms with E-state index in [9.17, 15) is 4.79 Å². The molecular weight excluding hydrogens is 306 g/mol. The van der Waals surface area contributed by atoms with Crippen molar-refractivity contribution in [1.82, 2.24) is 15.0 Å². The van der Waals surface area contributed by atoms with Crippen molar-refractivity contribution < 1.29 is 14.1 Å². The molecule has 3 rings (SSSR count). The summed E-state index contributed by atoms with van der Waals surface area (Å²) < 4.78 is 10.5. The van der Waals surface area contributed by atoms with E-state index in [1.54, 1.807) is 24.0 Å². The molecule has 1 unspecified atom stereocenters. The van der Waals surface area contributed by atoms with E-state index in [1.807, 2.05) is 12.1 Å².